The molecule has 0 bridgehead atoms. The van der Waals surface area contributed by atoms with Crippen LogP contribution in [0.2, 0.25) is 0 Å². The Labute approximate surface area is 95.7 Å². The van der Waals surface area contributed by atoms with Gasteiger partial charge in [-0.2, -0.15) is 0 Å². The smallest absolute Gasteiger partial charge is 0.310 e. The molecule has 1 atom stereocenters. The summed E-state index contributed by atoms with van der Waals surface area (Å²) in [6.45, 7) is 0. The molecule has 16 heavy (non-hydrogen) atoms. The highest BCUT2D eigenvalue weighted by Crippen LogP contribution is 2.36. The fraction of sp³-hybridized carbons (Fsp3) is 0.462. The SMILES string of the molecule is CN(C)c1cccc2c1CCCC2C(=O)O. The number of nitrogens with zero attached hydrogens (tertiary/aromatic N) is 1. The van der Waals surface area contributed by atoms with Gasteiger partial charge < -0.3 is 10.0 Å². The van der Waals surface area contributed by atoms with Crippen LogP contribution in [-0.2, 0) is 11.2 Å². The molecular formula is C13H17NO2. The first-order valence-electron chi connectivity index (χ1n) is 5.63. The van der Waals surface area contributed by atoms with Crippen molar-refractivity contribution in [2.75, 3.05) is 19.0 Å². The molecule has 1 aliphatic carbocycles. The average Bonchev–Trinajstić information content (AvgIpc) is 2.27. The maximum atomic E-state index is 11.2. The zero-order chi connectivity index (χ0) is 11.7. The van der Waals surface area contributed by atoms with Gasteiger partial charge in [0, 0.05) is 19.8 Å². The predicted molar refractivity (Wildman–Crippen MR) is 64.1 cm³/mol. The molecule has 1 unspecified atom stereocenters. The third-order valence-corrected chi connectivity index (χ3v) is 3.26. The summed E-state index contributed by atoms with van der Waals surface area (Å²) in [7, 11) is 4.00. The van der Waals surface area contributed by atoms with E-state index in [9.17, 15) is 9.90 Å². The van der Waals surface area contributed by atoms with Gasteiger partial charge in [-0.25, -0.2) is 0 Å². The lowest BCUT2D eigenvalue weighted by molar-refractivity contribution is -0.139. The van der Waals surface area contributed by atoms with E-state index >= 15 is 0 Å². The largest absolute Gasteiger partial charge is 0.481 e. The quantitative estimate of drug-likeness (QED) is 0.829. The van der Waals surface area contributed by atoms with E-state index in [0.717, 1.165) is 30.5 Å². The molecule has 0 amide bonds. The van der Waals surface area contributed by atoms with E-state index in [-0.39, 0.29) is 5.92 Å². The minimum absolute atomic E-state index is 0.316. The maximum absolute atomic E-state index is 11.2. The number of carboxylic acid groups (broad SMARTS) is 1. The molecule has 0 radical (unpaired) electrons. The summed E-state index contributed by atoms with van der Waals surface area (Å²) in [6.07, 6.45) is 2.72. The molecule has 3 heteroatoms. The molecular weight excluding hydrogens is 202 g/mol. The Balaban J connectivity index is 2.50. The van der Waals surface area contributed by atoms with Crippen molar-refractivity contribution in [2.45, 2.75) is 25.2 Å². The van der Waals surface area contributed by atoms with E-state index < -0.39 is 5.97 Å². The van der Waals surface area contributed by atoms with Crippen LogP contribution >= 0.6 is 0 Å². The topological polar surface area (TPSA) is 40.5 Å². The van der Waals surface area contributed by atoms with Gasteiger partial charge in [-0.1, -0.05) is 12.1 Å². The second-order valence-electron chi connectivity index (χ2n) is 4.52. The van der Waals surface area contributed by atoms with E-state index in [1.54, 1.807) is 0 Å². The number of hydrogen-bond donors (Lipinski definition) is 1. The molecule has 0 heterocycles. The molecule has 1 N–H and O–H groups in total. The molecule has 1 aromatic carbocycles. The number of anilines is 1. The fourth-order valence-corrected chi connectivity index (χ4v) is 2.50. The number of carbonyl (C=O) groups is 1. The van der Waals surface area contributed by atoms with Crippen molar-refractivity contribution in [3.63, 3.8) is 0 Å². The van der Waals surface area contributed by atoms with Crippen LogP contribution < -0.4 is 4.90 Å². The number of rotatable bonds is 2. The van der Waals surface area contributed by atoms with E-state index in [4.69, 9.17) is 0 Å². The second-order valence-corrected chi connectivity index (χ2v) is 4.52. The molecule has 1 aliphatic rings. The van der Waals surface area contributed by atoms with Crippen LogP contribution in [0.4, 0.5) is 5.69 Å². The van der Waals surface area contributed by atoms with Crippen LogP contribution in [0.15, 0.2) is 18.2 Å². The van der Waals surface area contributed by atoms with Crippen LogP contribution in [0.1, 0.15) is 29.9 Å². The third-order valence-electron chi connectivity index (χ3n) is 3.26. The van der Waals surface area contributed by atoms with Gasteiger partial charge in [0.25, 0.3) is 0 Å². The van der Waals surface area contributed by atoms with Crippen molar-refractivity contribution in [1.82, 2.24) is 0 Å². The minimum atomic E-state index is -0.697. The van der Waals surface area contributed by atoms with Crippen molar-refractivity contribution in [3.8, 4) is 0 Å². The number of aliphatic carboxylic acids is 1. The monoisotopic (exact) mass is 219 g/mol. The van der Waals surface area contributed by atoms with E-state index in [1.807, 2.05) is 26.2 Å². The minimum Gasteiger partial charge on any atom is -0.481 e. The highest BCUT2D eigenvalue weighted by molar-refractivity contribution is 5.78. The van der Waals surface area contributed by atoms with Crippen LogP contribution in [0, 0.1) is 0 Å². The zero-order valence-corrected chi connectivity index (χ0v) is 9.73. The molecule has 3 nitrogen and oxygen atoms in total. The van der Waals surface area contributed by atoms with Crippen LogP contribution in [0.3, 0.4) is 0 Å². The molecule has 0 saturated carbocycles. The summed E-state index contributed by atoms with van der Waals surface area (Å²) in [5.74, 6) is -1.01. The Morgan fingerprint density at radius 3 is 2.81 bits per heavy atom. The molecule has 0 spiro atoms. The van der Waals surface area contributed by atoms with Gasteiger partial charge in [-0.3, -0.25) is 4.79 Å². The standard InChI is InChI=1S/C13H17NO2/c1-14(2)12-8-4-5-9-10(12)6-3-7-11(9)13(15)16/h4-5,8,11H,3,6-7H2,1-2H3,(H,15,16). The number of hydrogen-bond acceptors (Lipinski definition) is 2. The van der Waals surface area contributed by atoms with Crippen LogP contribution in [-0.4, -0.2) is 25.2 Å². The van der Waals surface area contributed by atoms with Gasteiger partial charge in [0.05, 0.1) is 5.92 Å². The van der Waals surface area contributed by atoms with Crippen LogP contribution in [0.5, 0.6) is 0 Å². The molecule has 0 saturated heterocycles. The predicted octanol–water partition coefficient (Wildman–Crippen LogP) is 2.26. The summed E-state index contributed by atoms with van der Waals surface area (Å²) in [4.78, 5) is 13.2. The molecule has 0 fully saturated rings. The number of fused-ring (bicyclic) bond motifs is 1. The van der Waals surface area contributed by atoms with Crippen molar-refractivity contribution in [1.29, 1.82) is 0 Å². The first-order valence-corrected chi connectivity index (χ1v) is 5.63. The second kappa shape index (κ2) is 4.16. The first-order chi connectivity index (χ1) is 7.61. The first kappa shape index (κ1) is 11.0. The Morgan fingerprint density at radius 2 is 2.19 bits per heavy atom. The van der Waals surface area contributed by atoms with Crippen molar-refractivity contribution < 1.29 is 9.90 Å². The lowest BCUT2D eigenvalue weighted by atomic mass is 9.82. The molecule has 0 aliphatic heterocycles. The van der Waals surface area contributed by atoms with Crippen LogP contribution in [0.25, 0.3) is 0 Å². The fourth-order valence-electron chi connectivity index (χ4n) is 2.50. The highest BCUT2D eigenvalue weighted by Gasteiger charge is 2.27. The summed E-state index contributed by atoms with van der Waals surface area (Å²) < 4.78 is 0. The van der Waals surface area contributed by atoms with Gasteiger partial charge in [0.2, 0.25) is 0 Å². The molecule has 1 aromatic rings. The van der Waals surface area contributed by atoms with Crippen molar-refractivity contribution in [2.24, 2.45) is 0 Å². The lowest BCUT2D eigenvalue weighted by Gasteiger charge is -2.27. The summed E-state index contributed by atoms with van der Waals surface area (Å²) in [5, 5.41) is 9.20. The normalized spacial score (nSPS) is 19.0. The van der Waals surface area contributed by atoms with Gasteiger partial charge >= 0.3 is 5.97 Å². The number of carboxylic acids is 1. The summed E-state index contributed by atoms with van der Waals surface area (Å²) in [6, 6.07) is 5.97. The number of benzene rings is 1. The zero-order valence-electron chi connectivity index (χ0n) is 9.73. The van der Waals surface area contributed by atoms with E-state index in [0.29, 0.717) is 0 Å². The lowest BCUT2D eigenvalue weighted by Crippen LogP contribution is -2.21. The van der Waals surface area contributed by atoms with E-state index in [1.165, 1.54) is 5.56 Å². The van der Waals surface area contributed by atoms with E-state index in [2.05, 4.69) is 11.0 Å². The highest BCUT2D eigenvalue weighted by atomic mass is 16.4. The Bertz CT molecular complexity index is 412. The summed E-state index contributed by atoms with van der Waals surface area (Å²) in [5.41, 5.74) is 3.37. The van der Waals surface area contributed by atoms with Gasteiger partial charge in [0.15, 0.2) is 0 Å². The van der Waals surface area contributed by atoms with Gasteiger partial charge in [0.1, 0.15) is 0 Å². The maximum Gasteiger partial charge on any atom is 0.310 e. The van der Waals surface area contributed by atoms with Crippen molar-refractivity contribution >= 4 is 11.7 Å². The molecule has 2 rings (SSSR count). The third kappa shape index (κ3) is 1.77. The molecule has 86 valence electrons. The Morgan fingerprint density at radius 1 is 1.44 bits per heavy atom. The van der Waals surface area contributed by atoms with Crippen molar-refractivity contribution in [3.05, 3.63) is 29.3 Å². The molecule has 0 aromatic heterocycles. The average molecular weight is 219 g/mol. The Kier molecular flexibility index (Phi) is 2.86. The Hall–Kier alpha value is -1.51. The van der Waals surface area contributed by atoms with Gasteiger partial charge in [-0.05, 0) is 36.5 Å². The van der Waals surface area contributed by atoms with Gasteiger partial charge in [-0.15, -0.1) is 0 Å². The summed E-state index contributed by atoms with van der Waals surface area (Å²) >= 11 is 0.